The van der Waals surface area contributed by atoms with Gasteiger partial charge in [0, 0.05) is 11.1 Å². The molecule has 0 amide bonds. The molecule has 162 valence electrons. The standard InChI is InChI=1S/C26H25N3O3/c1-4-31-23-15-18(3)20(16-24(23)32-5-2)17-27-29-25(19-11-7-6-8-12-19)28-22-14-10-9-13-21(22)26(29)30/h6-17H,4-5H2,1-3H3. The lowest BCUT2D eigenvalue weighted by Crippen LogP contribution is -2.20. The lowest BCUT2D eigenvalue weighted by atomic mass is 10.1. The van der Waals surface area contributed by atoms with Crippen LogP contribution in [0.25, 0.3) is 22.3 Å². The summed E-state index contributed by atoms with van der Waals surface area (Å²) in [7, 11) is 0. The zero-order valence-electron chi connectivity index (χ0n) is 18.4. The van der Waals surface area contributed by atoms with E-state index in [4.69, 9.17) is 14.5 Å². The Kier molecular flexibility index (Phi) is 6.31. The SMILES string of the molecule is CCOc1cc(C)c(C=Nn2c(-c3ccccc3)nc3ccccc3c2=O)cc1OCC. The van der Waals surface area contributed by atoms with Crippen molar-refractivity contribution < 1.29 is 9.47 Å². The first-order chi connectivity index (χ1) is 15.6. The van der Waals surface area contributed by atoms with Crippen LogP contribution in [0, 0.1) is 6.92 Å². The number of hydrogen-bond donors (Lipinski definition) is 0. The van der Waals surface area contributed by atoms with Crippen molar-refractivity contribution in [1.29, 1.82) is 0 Å². The number of benzene rings is 3. The third kappa shape index (κ3) is 4.25. The van der Waals surface area contributed by atoms with Crippen molar-refractivity contribution >= 4 is 17.1 Å². The molecule has 1 heterocycles. The number of para-hydroxylation sites is 1. The molecule has 0 fully saturated rings. The fourth-order valence-electron chi connectivity index (χ4n) is 3.48. The Hall–Kier alpha value is -3.93. The maximum absolute atomic E-state index is 13.3. The van der Waals surface area contributed by atoms with Crippen molar-refractivity contribution in [3.05, 3.63) is 88.2 Å². The minimum atomic E-state index is -0.223. The van der Waals surface area contributed by atoms with Crippen LogP contribution in [0.4, 0.5) is 0 Å². The molecule has 0 aliphatic rings. The number of hydrogen-bond acceptors (Lipinski definition) is 5. The Morgan fingerprint density at radius 2 is 1.59 bits per heavy atom. The van der Waals surface area contributed by atoms with E-state index >= 15 is 0 Å². The topological polar surface area (TPSA) is 65.7 Å². The smallest absolute Gasteiger partial charge is 0.282 e. The maximum Gasteiger partial charge on any atom is 0.282 e. The molecular weight excluding hydrogens is 402 g/mol. The quantitative estimate of drug-likeness (QED) is 0.387. The second-order valence-corrected chi connectivity index (χ2v) is 7.20. The molecule has 0 saturated heterocycles. The molecule has 0 aliphatic carbocycles. The van der Waals surface area contributed by atoms with Crippen molar-refractivity contribution in [3.63, 3.8) is 0 Å². The number of rotatable bonds is 7. The molecule has 6 heteroatoms. The summed E-state index contributed by atoms with van der Waals surface area (Å²) in [6.07, 6.45) is 1.66. The van der Waals surface area contributed by atoms with Crippen LogP contribution in [-0.4, -0.2) is 29.1 Å². The van der Waals surface area contributed by atoms with E-state index in [0.29, 0.717) is 41.4 Å². The Balaban J connectivity index is 1.86. The Morgan fingerprint density at radius 3 is 2.31 bits per heavy atom. The molecular formula is C26H25N3O3. The maximum atomic E-state index is 13.3. The van der Waals surface area contributed by atoms with Gasteiger partial charge in [0.05, 0.1) is 30.3 Å². The van der Waals surface area contributed by atoms with Gasteiger partial charge in [-0.05, 0) is 50.6 Å². The zero-order chi connectivity index (χ0) is 22.5. The molecule has 0 bridgehead atoms. The van der Waals surface area contributed by atoms with Crippen LogP contribution in [-0.2, 0) is 0 Å². The van der Waals surface area contributed by atoms with Crippen molar-refractivity contribution in [2.75, 3.05) is 13.2 Å². The predicted molar refractivity (Wildman–Crippen MR) is 128 cm³/mol. The molecule has 0 atom stereocenters. The molecule has 6 nitrogen and oxygen atoms in total. The van der Waals surface area contributed by atoms with Gasteiger partial charge in [-0.2, -0.15) is 9.78 Å². The summed E-state index contributed by atoms with van der Waals surface area (Å²) in [4.78, 5) is 18.0. The second kappa shape index (κ2) is 9.47. The first-order valence-corrected chi connectivity index (χ1v) is 10.6. The third-order valence-electron chi connectivity index (χ3n) is 5.03. The van der Waals surface area contributed by atoms with Crippen LogP contribution >= 0.6 is 0 Å². The lowest BCUT2D eigenvalue weighted by molar-refractivity contribution is 0.287. The summed E-state index contributed by atoms with van der Waals surface area (Å²) < 4.78 is 12.8. The average molecular weight is 428 g/mol. The largest absolute Gasteiger partial charge is 0.490 e. The molecule has 0 radical (unpaired) electrons. The van der Waals surface area contributed by atoms with E-state index in [1.807, 2.05) is 81.4 Å². The first-order valence-electron chi connectivity index (χ1n) is 10.6. The first kappa shape index (κ1) is 21.3. The summed E-state index contributed by atoms with van der Waals surface area (Å²) in [6, 6.07) is 20.7. The van der Waals surface area contributed by atoms with Gasteiger partial charge in [-0.3, -0.25) is 4.79 Å². The van der Waals surface area contributed by atoms with Crippen LogP contribution in [0.5, 0.6) is 11.5 Å². The van der Waals surface area contributed by atoms with Gasteiger partial charge in [0.15, 0.2) is 17.3 Å². The highest BCUT2D eigenvalue weighted by Crippen LogP contribution is 2.30. The predicted octanol–water partition coefficient (Wildman–Crippen LogP) is 5.05. The van der Waals surface area contributed by atoms with Crippen LogP contribution in [0.1, 0.15) is 25.0 Å². The summed E-state index contributed by atoms with van der Waals surface area (Å²) >= 11 is 0. The van der Waals surface area contributed by atoms with E-state index in [1.54, 1.807) is 12.3 Å². The molecule has 32 heavy (non-hydrogen) atoms. The molecule has 0 aliphatic heterocycles. The number of ether oxygens (including phenoxy) is 2. The third-order valence-corrected chi connectivity index (χ3v) is 5.03. The molecule has 0 spiro atoms. The van der Waals surface area contributed by atoms with E-state index in [1.165, 1.54) is 4.68 Å². The van der Waals surface area contributed by atoms with E-state index in [0.717, 1.165) is 16.7 Å². The second-order valence-electron chi connectivity index (χ2n) is 7.20. The molecule has 1 aromatic heterocycles. The minimum Gasteiger partial charge on any atom is -0.490 e. The van der Waals surface area contributed by atoms with Gasteiger partial charge in [0.25, 0.3) is 5.56 Å². The zero-order valence-corrected chi connectivity index (χ0v) is 18.4. The van der Waals surface area contributed by atoms with Crippen molar-refractivity contribution in [2.45, 2.75) is 20.8 Å². The summed E-state index contributed by atoms with van der Waals surface area (Å²) in [5.41, 5.74) is 3.02. The van der Waals surface area contributed by atoms with Crippen LogP contribution in [0.3, 0.4) is 0 Å². The van der Waals surface area contributed by atoms with E-state index in [-0.39, 0.29) is 5.56 Å². The van der Waals surface area contributed by atoms with E-state index in [2.05, 4.69) is 5.10 Å². The lowest BCUT2D eigenvalue weighted by Gasteiger charge is -2.13. The van der Waals surface area contributed by atoms with Gasteiger partial charge >= 0.3 is 0 Å². The van der Waals surface area contributed by atoms with Crippen molar-refractivity contribution in [2.24, 2.45) is 5.10 Å². The van der Waals surface area contributed by atoms with Gasteiger partial charge in [0.2, 0.25) is 0 Å². The van der Waals surface area contributed by atoms with Gasteiger partial charge in [-0.25, -0.2) is 4.98 Å². The summed E-state index contributed by atoms with van der Waals surface area (Å²) in [6.45, 7) is 6.90. The van der Waals surface area contributed by atoms with Gasteiger partial charge in [-0.1, -0.05) is 42.5 Å². The van der Waals surface area contributed by atoms with Gasteiger partial charge < -0.3 is 9.47 Å². The van der Waals surface area contributed by atoms with Crippen LogP contribution in [0.15, 0.2) is 76.6 Å². The Morgan fingerprint density at radius 1 is 0.938 bits per heavy atom. The number of aromatic nitrogens is 2. The highest BCUT2D eigenvalue weighted by molar-refractivity contribution is 5.84. The van der Waals surface area contributed by atoms with Gasteiger partial charge in [-0.15, -0.1) is 0 Å². The number of nitrogens with zero attached hydrogens (tertiary/aromatic N) is 3. The monoisotopic (exact) mass is 427 g/mol. The fourth-order valence-corrected chi connectivity index (χ4v) is 3.48. The molecule has 0 unspecified atom stereocenters. The molecule has 4 rings (SSSR count). The Bertz CT molecular complexity index is 1330. The van der Waals surface area contributed by atoms with E-state index < -0.39 is 0 Å². The molecule has 4 aromatic rings. The fraction of sp³-hybridized carbons (Fsp3) is 0.192. The molecule has 3 aromatic carbocycles. The number of aryl methyl sites for hydroxylation is 1. The summed E-state index contributed by atoms with van der Waals surface area (Å²) in [5.74, 6) is 1.83. The van der Waals surface area contributed by atoms with Gasteiger partial charge in [0.1, 0.15) is 0 Å². The van der Waals surface area contributed by atoms with Crippen molar-refractivity contribution in [3.8, 4) is 22.9 Å². The van der Waals surface area contributed by atoms with E-state index in [9.17, 15) is 4.79 Å². The highest BCUT2D eigenvalue weighted by Gasteiger charge is 2.13. The average Bonchev–Trinajstić information content (AvgIpc) is 2.81. The number of fused-ring (bicyclic) bond motifs is 1. The molecule has 0 N–H and O–H groups in total. The molecule has 0 saturated carbocycles. The highest BCUT2D eigenvalue weighted by atomic mass is 16.5. The van der Waals surface area contributed by atoms with Crippen LogP contribution in [0.2, 0.25) is 0 Å². The van der Waals surface area contributed by atoms with Crippen molar-refractivity contribution in [1.82, 2.24) is 9.66 Å². The van der Waals surface area contributed by atoms with Crippen LogP contribution < -0.4 is 15.0 Å². The summed E-state index contributed by atoms with van der Waals surface area (Å²) in [5, 5.41) is 5.08. The Labute approximate surface area is 186 Å². The normalized spacial score (nSPS) is 11.2. The minimum absolute atomic E-state index is 0.223.